The van der Waals surface area contributed by atoms with Crippen LogP contribution in [0.25, 0.3) is 0 Å². The first kappa shape index (κ1) is 13.4. The van der Waals surface area contributed by atoms with E-state index in [1.807, 2.05) is 0 Å². The lowest BCUT2D eigenvalue weighted by molar-refractivity contribution is -0.118. The molecule has 0 bridgehead atoms. The van der Waals surface area contributed by atoms with Crippen molar-refractivity contribution in [2.75, 3.05) is 0 Å². The third-order valence-corrected chi connectivity index (χ3v) is 6.08. The van der Waals surface area contributed by atoms with Crippen LogP contribution in [0.15, 0.2) is 11.1 Å². The molecule has 0 amide bonds. The SMILES string of the molecule is CCC1CCC(C2CCC3=C(CCC(=O)C3)C2)CC1. The molecule has 1 heteroatoms. The van der Waals surface area contributed by atoms with Crippen molar-refractivity contribution in [2.45, 2.75) is 77.6 Å². The van der Waals surface area contributed by atoms with E-state index in [2.05, 4.69) is 6.92 Å². The molecular formula is C18H28O. The Morgan fingerprint density at radius 3 is 2.42 bits per heavy atom. The maximum Gasteiger partial charge on any atom is 0.137 e. The van der Waals surface area contributed by atoms with E-state index < -0.39 is 0 Å². The highest BCUT2D eigenvalue weighted by Gasteiger charge is 2.32. The summed E-state index contributed by atoms with van der Waals surface area (Å²) in [5, 5.41) is 0. The van der Waals surface area contributed by atoms with Crippen LogP contribution in [0, 0.1) is 17.8 Å². The lowest BCUT2D eigenvalue weighted by Gasteiger charge is -2.38. The molecule has 3 aliphatic rings. The van der Waals surface area contributed by atoms with Crippen molar-refractivity contribution in [1.29, 1.82) is 0 Å². The van der Waals surface area contributed by atoms with Gasteiger partial charge in [-0.25, -0.2) is 0 Å². The van der Waals surface area contributed by atoms with E-state index >= 15 is 0 Å². The normalized spacial score (nSPS) is 36.3. The molecule has 1 atom stereocenters. The monoisotopic (exact) mass is 260 g/mol. The van der Waals surface area contributed by atoms with Crippen molar-refractivity contribution in [1.82, 2.24) is 0 Å². The maximum absolute atomic E-state index is 11.5. The molecule has 0 aromatic carbocycles. The van der Waals surface area contributed by atoms with Crippen LogP contribution in [0.3, 0.4) is 0 Å². The van der Waals surface area contributed by atoms with Crippen LogP contribution in [0.5, 0.6) is 0 Å². The third-order valence-electron chi connectivity index (χ3n) is 6.08. The smallest absolute Gasteiger partial charge is 0.137 e. The Morgan fingerprint density at radius 1 is 0.895 bits per heavy atom. The Kier molecular flexibility index (Phi) is 4.10. The van der Waals surface area contributed by atoms with Gasteiger partial charge in [-0.05, 0) is 56.3 Å². The van der Waals surface area contributed by atoms with Crippen LogP contribution in [0.2, 0.25) is 0 Å². The van der Waals surface area contributed by atoms with Gasteiger partial charge in [-0.15, -0.1) is 0 Å². The summed E-state index contributed by atoms with van der Waals surface area (Å²) in [6.07, 6.45) is 13.9. The van der Waals surface area contributed by atoms with Gasteiger partial charge in [-0.3, -0.25) is 4.79 Å². The summed E-state index contributed by atoms with van der Waals surface area (Å²) >= 11 is 0. The summed E-state index contributed by atoms with van der Waals surface area (Å²) in [7, 11) is 0. The molecule has 0 aliphatic heterocycles. The molecule has 0 heterocycles. The summed E-state index contributed by atoms with van der Waals surface area (Å²) in [6.45, 7) is 2.35. The number of carbonyl (C=O) groups excluding carboxylic acids is 1. The summed E-state index contributed by atoms with van der Waals surface area (Å²) in [5.74, 6) is 3.45. The lowest BCUT2D eigenvalue weighted by atomic mass is 9.67. The molecule has 0 N–H and O–H groups in total. The predicted molar refractivity (Wildman–Crippen MR) is 79.0 cm³/mol. The van der Waals surface area contributed by atoms with Crippen molar-refractivity contribution in [2.24, 2.45) is 17.8 Å². The second-order valence-electron chi connectivity index (χ2n) is 7.11. The van der Waals surface area contributed by atoms with E-state index in [-0.39, 0.29) is 0 Å². The van der Waals surface area contributed by atoms with E-state index in [0.717, 1.165) is 37.0 Å². The molecule has 0 spiro atoms. The summed E-state index contributed by atoms with van der Waals surface area (Å²) in [6, 6.07) is 0. The van der Waals surface area contributed by atoms with Gasteiger partial charge in [-0.1, -0.05) is 37.3 Å². The van der Waals surface area contributed by atoms with Gasteiger partial charge < -0.3 is 0 Å². The van der Waals surface area contributed by atoms with Crippen LogP contribution in [0.1, 0.15) is 77.6 Å². The molecule has 106 valence electrons. The Morgan fingerprint density at radius 2 is 1.68 bits per heavy atom. The van der Waals surface area contributed by atoms with Gasteiger partial charge >= 0.3 is 0 Å². The highest BCUT2D eigenvalue weighted by molar-refractivity contribution is 5.82. The number of rotatable bonds is 2. The minimum atomic E-state index is 0.487. The zero-order chi connectivity index (χ0) is 13.2. The molecule has 1 saturated carbocycles. The molecular weight excluding hydrogens is 232 g/mol. The van der Waals surface area contributed by atoms with Crippen molar-refractivity contribution in [3.05, 3.63) is 11.1 Å². The van der Waals surface area contributed by atoms with E-state index in [4.69, 9.17) is 0 Å². The predicted octanol–water partition coefficient (Wildman–Crippen LogP) is 5.05. The number of carbonyl (C=O) groups is 1. The number of allylic oxidation sites excluding steroid dienone is 2. The summed E-state index contributed by atoms with van der Waals surface area (Å²) in [4.78, 5) is 11.5. The number of ketones is 1. The van der Waals surface area contributed by atoms with Crippen molar-refractivity contribution >= 4 is 5.78 Å². The number of hydrogen-bond donors (Lipinski definition) is 0. The third kappa shape index (κ3) is 2.95. The molecule has 1 nitrogen and oxygen atoms in total. The minimum Gasteiger partial charge on any atom is -0.299 e. The molecule has 3 rings (SSSR count). The first-order chi connectivity index (χ1) is 9.26. The Balaban J connectivity index is 1.59. The average Bonchev–Trinajstić information content (AvgIpc) is 2.47. The highest BCUT2D eigenvalue weighted by Crippen LogP contribution is 2.44. The lowest BCUT2D eigenvalue weighted by Crippen LogP contribution is -2.26. The van der Waals surface area contributed by atoms with Gasteiger partial charge in [-0.2, -0.15) is 0 Å². The maximum atomic E-state index is 11.5. The van der Waals surface area contributed by atoms with Crippen molar-refractivity contribution in [3.8, 4) is 0 Å². The first-order valence-electron chi connectivity index (χ1n) is 8.47. The van der Waals surface area contributed by atoms with Crippen LogP contribution >= 0.6 is 0 Å². The Bertz CT molecular complexity index is 371. The quantitative estimate of drug-likeness (QED) is 0.635. The number of Topliss-reactive ketones (excluding diaryl/α,β-unsaturated/α-hetero) is 1. The fourth-order valence-electron chi connectivity index (χ4n) is 4.68. The zero-order valence-corrected chi connectivity index (χ0v) is 12.4. The highest BCUT2D eigenvalue weighted by atomic mass is 16.1. The van der Waals surface area contributed by atoms with E-state index in [1.54, 1.807) is 5.57 Å². The second kappa shape index (κ2) is 5.81. The van der Waals surface area contributed by atoms with Crippen LogP contribution in [-0.4, -0.2) is 5.78 Å². The molecule has 0 aromatic heterocycles. The fourth-order valence-corrected chi connectivity index (χ4v) is 4.68. The van der Waals surface area contributed by atoms with Gasteiger partial charge in [0.1, 0.15) is 5.78 Å². The number of hydrogen-bond acceptors (Lipinski definition) is 1. The van der Waals surface area contributed by atoms with Gasteiger partial charge in [0.15, 0.2) is 0 Å². The standard InChI is InChI=1S/C18H28O/c1-2-13-3-5-14(6-4-13)15-7-8-17-12-18(19)10-9-16(17)11-15/h13-15H,2-12H2,1H3. The van der Waals surface area contributed by atoms with Gasteiger partial charge in [0, 0.05) is 12.8 Å². The summed E-state index contributed by atoms with van der Waals surface area (Å²) < 4.78 is 0. The van der Waals surface area contributed by atoms with Gasteiger partial charge in [0.25, 0.3) is 0 Å². The molecule has 0 saturated heterocycles. The van der Waals surface area contributed by atoms with Crippen molar-refractivity contribution in [3.63, 3.8) is 0 Å². The van der Waals surface area contributed by atoms with Gasteiger partial charge in [0.05, 0.1) is 0 Å². The van der Waals surface area contributed by atoms with E-state index in [9.17, 15) is 4.79 Å². The molecule has 0 radical (unpaired) electrons. The first-order valence-corrected chi connectivity index (χ1v) is 8.47. The minimum absolute atomic E-state index is 0.487. The summed E-state index contributed by atoms with van der Waals surface area (Å²) in [5.41, 5.74) is 3.23. The van der Waals surface area contributed by atoms with Crippen LogP contribution in [-0.2, 0) is 4.79 Å². The molecule has 1 unspecified atom stereocenters. The Hall–Kier alpha value is -0.590. The largest absolute Gasteiger partial charge is 0.299 e. The van der Waals surface area contributed by atoms with Crippen LogP contribution in [0.4, 0.5) is 0 Å². The molecule has 19 heavy (non-hydrogen) atoms. The van der Waals surface area contributed by atoms with Crippen molar-refractivity contribution < 1.29 is 4.79 Å². The second-order valence-corrected chi connectivity index (χ2v) is 7.11. The van der Waals surface area contributed by atoms with Gasteiger partial charge in [0.2, 0.25) is 0 Å². The Labute approximate surface area is 117 Å². The average molecular weight is 260 g/mol. The zero-order valence-electron chi connectivity index (χ0n) is 12.4. The topological polar surface area (TPSA) is 17.1 Å². The van der Waals surface area contributed by atoms with E-state index in [0.29, 0.717) is 5.78 Å². The van der Waals surface area contributed by atoms with E-state index in [1.165, 1.54) is 56.9 Å². The van der Waals surface area contributed by atoms with Crippen LogP contribution < -0.4 is 0 Å². The molecule has 3 aliphatic carbocycles. The molecule has 1 fully saturated rings. The fraction of sp³-hybridized carbons (Fsp3) is 0.833. The molecule has 0 aromatic rings.